The lowest BCUT2D eigenvalue weighted by molar-refractivity contribution is 0.220. The normalized spacial score (nSPS) is 12.1. The second-order valence-corrected chi connectivity index (χ2v) is 3.84. The summed E-state index contributed by atoms with van der Waals surface area (Å²) in [5.41, 5.74) is 7.95. The van der Waals surface area contributed by atoms with Crippen molar-refractivity contribution < 1.29 is 9.84 Å². The highest BCUT2D eigenvalue weighted by molar-refractivity contribution is 5.42. The smallest absolute Gasteiger partial charge is 0.118 e. The molecular weight excluding hydrogens is 214 g/mol. The molecule has 0 amide bonds. The zero-order valence-electron chi connectivity index (χ0n) is 9.63. The summed E-state index contributed by atoms with van der Waals surface area (Å²) in [6.07, 6.45) is -0.637. The number of methoxy groups -OCH3 is 1. The lowest BCUT2D eigenvalue weighted by Crippen LogP contribution is -1.99. The van der Waals surface area contributed by atoms with Gasteiger partial charge in [0.05, 0.1) is 7.11 Å². The van der Waals surface area contributed by atoms with Crippen molar-refractivity contribution in [1.29, 1.82) is 0 Å². The fourth-order valence-corrected chi connectivity index (χ4v) is 1.66. The third-order valence-electron chi connectivity index (χ3n) is 2.68. The first kappa shape index (κ1) is 11.5. The van der Waals surface area contributed by atoms with Gasteiger partial charge in [0.25, 0.3) is 0 Å². The molecule has 0 fully saturated rings. The van der Waals surface area contributed by atoms with E-state index in [-0.39, 0.29) is 0 Å². The summed E-state index contributed by atoms with van der Waals surface area (Å²) < 4.78 is 5.07. The molecule has 2 aromatic carbocycles. The average molecular weight is 229 g/mol. The fourth-order valence-electron chi connectivity index (χ4n) is 1.66. The second kappa shape index (κ2) is 4.89. The van der Waals surface area contributed by atoms with Crippen molar-refractivity contribution in [2.75, 3.05) is 12.8 Å². The SMILES string of the molecule is COc1ccc([C@@H](O)c2ccc(N)cc2)cc1. The molecule has 0 aromatic heterocycles. The Bertz CT molecular complexity index is 477. The summed E-state index contributed by atoms with van der Waals surface area (Å²) in [4.78, 5) is 0. The maximum absolute atomic E-state index is 10.2. The Morgan fingerprint density at radius 3 is 1.88 bits per heavy atom. The highest BCUT2D eigenvalue weighted by Gasteiger charge is 2.09. The van der Waals surface area contributed by atoms with Gasteiger partial charge in [-0.2, -0.15) is 0 Å². The summed E-state index contributed by atoms with van der Waals surface area (Å²) in [7, 11) is 1.62. The molecule has 0 bridgehead atoms. The minimum atomic E-state index is -0.637. The van der Waals surface area contributed by atoms with Crippen LogP contribution in [-0.4, -0.2) is 12.2 Å². The van der Waals surface area contributed by atoms with Crippen molar-refractivity contribution in [3.05, 3.63) is 59.7 Å². The molecule has 0 saturated heterocycles. The molecule has 0 spiro atoms. The maximum atomic E-state index is 10.2. The second-order valence-electron chi connectivity index (χ2n) is 3.84. The minimum Gasteiger partial charge on any atom is -0.497 e. The van der Waals surface area contributed by atoms with Crippen LogP contribution in [0.4, 0.5) is 5.69 Å². The predicted molar refractivity (Wildman–Crippen MR) is 67.9 cm³/mol. The van der Waals surface area contributed by atoms with E-state index in [1.807, 2.05) is 36.4 Å². The molecular formula is C14H15NO2. The Morgan fingerprint density at radius 2 is 1.41 bits per heavy atom. The molecule has 0 unspecified atom stereocenters. The van der Waals surface area contributed by atoms with Gasteiger partial charge in [-0.1, -0.05) is 24.3 Å². The molecule has 0 aliphatic heterocycles. The molecule has 3 heteroatoms. The van der Waals surface area contributed by atoms with E-state index in [0.717, 1.165) is 16.9 Å². The number of nitrogens with two attached hydrogens (primary N) is 1. The van der Waals surface area contributed by atoms with E-state index >= 15 is 0 Å². The van der Waals surface area contributed by atoms with Crippen LogP contribution >= 0.6 is 0 Å². The predicted octanol–water partition coefficient (Wildman–Crippen LogP) is 2.36. The Labute approximate surface area is 100 Å². The largest absolute Gasteiger partial charge is 0.497 e. The number of aliphatic hydroxyl groups is 1. The summed E-state index contributed by atoms with van der Waals surface area (Å²) in [6.45, 7) is 0. The van der Waals surface area contributed by atoms with Gasteiger partial charge in [-0.3, -0.25) is 0 Å². The number of aliphatic hydroxyl groups excluding tert-OH is 1. The van der Waals surface area contributed by atoms with Crippen LogP contribution < -0.4 is 10.5 Å². The van der Waals surface area contributed by atoms with E-state index in [2.05, 4.69) is 0 Å². The van der Waals surface area contributed by atoms with Gasteiger partial charge in [-0.05, 0) is 35.4 Å². The Hall–Kier alpha value is -2.00. The van der Waals surface area contributed by atoms with Crippen LogP contribution in [0.25, 0.3) is 0 Å². The van der Waals surface area contributed by atoms with Crippen LogP contribution in [0.15, 0.2) is 48.5 Å². The molecule has 3 N–H and O–H groups in total. The van der Waals surface area contributed by atoms with Gasteiger partial charge in [0.1, 0.15) is 11.9 Å². The third kappa shape index (κ3) is 2.57. The molecule has 1 atom stereocenters. The van der Waals surface area contributed by atoms with Crippen molar-refractivity contribution in [1.82, 2.24) is 0 Å². The summed E-state index contributed by atoms with van der Waals surface area (Å²) in [5, 5.41) is 10.2. The summed E-state index contributed by atoms with van der Waals surface area (Å²) >= 11 is 0. The van der Waals surface area contributed by atoms with Crippen molar-refractivity contribution >= 4 is 5.69 Å². The number of rotatable bonds is 3. The van der Waals surface area contributed by atoms with Crippen molar-refractivity contribution in [2.24, 2.45) is 0 Å². The molecule has 0 aliphatic carbocycles. The first-order chi connectivity index (χ1) is 8.20. The lowest BCUT2D eigenvalue weighted by atomic mass is 10.0. The number of benzene rings is 2. The third-order valence-corrected chi connectivity index (χ3v) is 2.68. The quantitative estimate of drug-likeness (QED) is 0.794. The van der Waals surface area contributed by atoms with E-state index in [1.165, 1.54) is 0 Å². The lowest BCUT2D eigenvalue weighted by Gasteiger charge is -2.12. The van der Waals surface area contributed by atoms with Crippen LogP contribution in [0.3, 0.4) is 0 Å². The van der Waals surface area contributed by atoms with Crippen molar-refractivity contribution in [2.45, 2.75) is 6.10 Å². The number of hydrogen-bond acceptors (Lipinski definition) is 3. The van der Waals surface area contributed by atoms with Crippen molar-refractivity contribution in [3.8, 4) is 5.75 Å². The molecule has 0 heterocycles. The molecule has 0 radical (unpaired) electrons. The van der Waals surface area contributed by atoms with E-state index in [0.29, 0.717) is 5.69 Å². The van der Waals surface area contributed by atoms with E-state index in [1.54, 1.807) is 19.2 Å². The fraction of sp³-hybridized carbons (Fsp3) is 0.143. The summed E-state index contributed by atoms with van der Waals surface area (Å²) in [5.74, 6) is 0.776. The van der Waals surface area contributed by atoms with Gasteiger partial charge in [0.2, 0.25) is 0 Å². The van der Waals surface area contributed by atoms with Gasteiger partial charge < -0.3 is 15.6 Å². The van der Waals surface area contributed by atoms with Crippen LogP contribution in [0.2, 0.25) is 0 Å². The highest BCUT2D eigenvalue weighted by atomic mass is 16.5. The monoisotopic (exact) mass is 229 g/mol. The van der Waals surface area contributed by atoms with Gasteiger partial charge in [-0.15, -0.1) is 0 Å². The van der Waals surface area contributed by atoms with Gasteiger partial charge in [0.15, 0.2) is 0 Å². The number of hydrogen-bond donors (Lipinski definition) is 2. The van der Waals surface area contributed by atoms with Crippen LogP contribution in [0, 0.1) is 0 Å². The van der Waals surface area contributed by atoms with E-state index in [9.17, 15) is 5.11 Å². The van der Waals surface area contributed by atoms with Crippen LogP contribution in [-0.2, 0) is 0 Å². The zero-order chi connectivity index (χ0) is 12.3. The molecule has 0 saturated carbocycles. The molecule has 2 rings (SSSR count). The van der Waals surface area contributed by atoms with Gasteiger partial charge >= 0.3 is 0 Å². The summed E-state index contributed by atoms with van der Waals surface area (Å²) in [6, 6.07) is 14.6. The number of nitrogen functional groups attached to an aromatic ring is 1. The molecule has 17 heavy (non-hydrogen) atoms. The Kier molecular flexibility index (Phi) is 3.30. The topological polar surface area (TPSA) is 55.5 Å². The minimum absolute atomic E-state index is 0.637. The van der Waals surface area contributed by atoms with E-state index < -0.39 is 6.10 Å². The number of anilines is 1. The Morgan fingerprint density at radius 1 is 0.941 bits per heavy atom. The highest BCUT2D eigenvalue weighted by Crippen LogP contribution is 2.24. The zero-order valence-corrected chi connectivity index (χ0v) is 9.63. The molecule has 3 nitrogen and oxygen atoms in total. The van der Waals surface area contributed by atoms with Gasteiger partial charge in [-0.25, -0.2) is 0 Å². The number of ether oxygens (including phenoxy) is 1. The molecule has 88 valence electrons. The van der Waals surface area contributed by atoms with E-state index in [4.69, 9.17) is 10.5 Å². The average Bonchev–Trinajstić information content (AvgIpc) is 2.39. The maximum Gasteiger partial charge on any atom is 0.118 e. The molecule has 0 aliphatic rings. The standard InChI is InChI=1S/C14H15NO2/c1-17-13-8-4-11(5-9-13)14(16)10-2-6-12(15)7-3-10/h2-9,14,16H,15H2,1H3/t14-/m0/s1. The van der Waals surface area contributed by atoms with Crippen LogP contribution in [0.1, 0.15) is 17.2 Å². The first-order valence-corrected chi connectivity index (χ1v) is 5.38. The van der Waals surface area contributed by atoms with Gasteiger partial charge in [0, 0.05) is 5.69 Å². The first-order valence-electron chi connectivity index (χ1n) is 5.38. The Balaban J connectivity index is 2.23. The van der Waals surface area contributed by atoms with Crippen LogP contribution in [0.5, 0.6) is 5.75 Å². The molecule has 2 aromatic rings. The van der Waals surface area contributed by atoms with Crippen molar-refractivity contribution in [3.63, 3.8) is 0 Å².